The molecule has 0 saturated heterocycles. The minimum atomic E-state index is -0.486. The van der Waals surface area contributed by atoms with Crippen LogP contribution in [0.5, 0.6) is 0 Å². The number of hydrogen-bond donors (Lipinski definition) is 0. The van der Waals surface area contributed by atoms with E-state index in [0.29, 0.717) is 0 Å². The van der Waals surface area contributed by atoms with E-state index in [-0.39, 0.29) is 0 Å². The summed E-state index contributed by atoms with van der Waals surface area (Å²) in [4.78, 5) is 2.52. The maximum absolute atomic E-state index is 6.32. The van der Waals surface area contributed by atoms with Gasteiger partial charge in [0, 0.05) is 43.7 Å². The summed E-state index contributed by atoms with van der Waals surface area (Å²) in [6.45, 7) is 0. The van der Waals surface area contributed by atoms with Crippen LogP contribution >= 0.6 is 0 Å². The SMILES string of the molecule is c1ccc2c(c1)-c1ccccc1C21c2ccccc2-c2ccc(N(c3ccc4c5ccccc5n(-c5ccc6oc7ccccc7c6c5)c4c3)c3cccc4ccccc34)c3cccc1c23. The fraction of sp³-hybridized carbons (Fsp3) is 0.0159. The minimum Gasteiger partial charge on any atom is -0.456 e. The van der Waals surface area contributed by atoms with Crippen molar-refractivity contribution in [2.24, 2.45) is 0 Å². The first-order chi connectivity index (χ1) is 32.8. The Morgan fingerprint density at radius 1 is 0.348 bits per heavy atom. The van der Waals surface area contributed by atoms with Crippen molar-refractivity contribution in [2.45, 2.75) is 5.41 Å². The van der Waals surface area contributed by atoms with Gasteiger partial charge in [0.1, 0.15) is 11.2 Å². The van der Waals surface area contributed by atoms with Crippen LogP contribution in [0.25, 0.3) is 93.2 Å². The summed E-state index contributed by atoms with van der Waals surface area (Å²) in [5, 5.41) is 9.55. The number of fused-ring (bicyclic) bond motifs is 16. The van der Waals surface area contributed by atoms with Gasteiger partial charge in [0.25, 0.3) is 0 Å². The van der Waals surface area contributed by atoms with Crippen LogP contribution in [0.3, 0.4) is 0 Å². The van der Waals surface area contributed by atoms with Gasteiger partial charge in [-0.1, -0.05) is 176 Å². The van der Waals surface area contributed by atoms with E-state index in [9.17, 15) is 0 Å². The third kappa shape index (κ3) is 4.61. The number of nitrogens with zero attached hydrogens (tertiary/aromatic N) is 2. The summed E-state index contributed by atoms with van der Waals surface area (Å²) >= 11 is 0. The van der Waals surface area contributed by atoms with E-state index in [2.05, 4.69) is 234 Å². The van der Waals surface area contributed by atoms with Gasteiger partial charge >= 0.3 is 0 Å². The minimum absolute atomic E-state index is 0.486. The van der Waals surface area contributed by atoms with Crippen LogP contribution in [0.2, 0.25) is 0 Å². The van der Waals surface area contributed by atoms with Crippen LogP contribution in [-0.4, -0.2) is 4.57 Å². The lowest BCUT2D eigenvalue weighted by Crippen LogP contribution is -2.31. The van der Waals surface area contributed by atoms with E-state index in [1.54, 1.807) is 0 Å². The predicted molar refractivity (Wildman–Crippen MR) is 274 cm³/mol. The molecule has 0 saturated carbocycles. The molecule has 0 amide bonds. The highest BCUT2D eigenvalue weighted by Crippen LogP contribution is 2.62. The first-order valence-electron chi connectivity index (χ1n) is 22.8. The van der Waals surface area contributed by atoms with E-state index in [4.69, 9.17) is 4.42 Å². The molecule has 0 atom stereocenters. The molecular formula is C63H38N2O. The van der Waals surface area contributed by atoms with Crippen LogP contribution in [-0.2, 0) is 5.41 Å². The van der Waals surface area contributed by atoms with Gasteiger partial charge in [0.2, 0.25) is 0 Å². The third-order valence-electron chi connectivity index (χ3n) is 14.8. The molecule has 0 fully saturated rings. The highest BCUT2D eigenvalue weighted by Gasteiger charge is 2.50. The molecule has 2 aliphatic carbocycles. The Labute approximate surface area is 380 Å². The van der Waals surface area contributed by atoms with Crippen LogP contribution in [0.15, 0.2) is 235 Å². The normalized spacial score (nSPS) is 13.3. The zero-order valence-corrected chi connectivity index (χ0v) is 35.7. The molecule has 66 heavy (non-hydrogen) atoms. The van der Waals surface area contributed by atoms with Crippen molar-refractivity contribution in [3.8, 4) is 27.9 Å². The highest BCUT2D eigenvalue weighted by molar-refractivity contribution is 6.16. The largest absolute Gasteiger partial charge is 0.456 e. The van der Waals surface area contributed by atoms with Crippen molar-refractivity contribution in [1.82, 2.24) is 4.57 Å². The van der Waals surface area contributed by atoms with E-state index in [1.807, 2.05) is 6.07 Å². The molecule has 11 aromatic carbocycles. The standard InChI is InChI=1S/C63H38N2O/c1-2-17-42-39(15-1)16-13-29-56(42)64(41-31-33-47-46-21-6-11-28-57(46)65(59(47)38-41)40-32-36-61-51(37-40)48-22-7-12-30-60(48)66-61)58-35-34-49-45-20-5-10-26-54(45)63(55-27-14-23-50(58)62(49)55)52-24-8-3-18-43(52)44-19-4-9-25-53(44)63/h1-38H. The Bertz CT molecular complexity index is 4150. The van der Waals surface area contributed by atoms with Crippen molar-refractivity contribution in [3.63, 3.8) is 0 Å². The van der Waals surface area contributed by atoms with E-state index >= 15 is 0 Å². The lowest BCUT2D eigenvalue weighted by molar-refractivity contribution is 0.669. The zero-order valence-electron chi connectivity index (χ0n) is 35.7. The summed E-state index contributed by atoms with van der Waals surface area (Å²) in [6.07, 6.45) is 0. The molecule has 3 nitrogen and oxygen atoms in total. The average Bonchev–Trinajstić information content (AvgIpc) is 4.02. The summed E-state index contributed by atoms with van der Waals surface area (Å²) in [6, 6.07) is 85.4. The van der Waals surface area contributed by atoms with Gasteiger partial charge in [0.05, 0.1) is 27.8 Å². The molecule has 0 radical (unpaired) electrons. The van der Waals surface area contributed by atoms with Crippen LogP contribution < -0.4 is 4.90 Å². The van der Waals surface area contributed by atoms with Gasteiger partial charge in [-0.25, -0.2) is 0 Å². The van der Waals surface area contributed by atoms with Gasteiger partial charge in [-0.15, -0.1) is 0 Å². The van der Waals surface area contributed by atoms with E-state index < -0.39 is 5.41 Å². The predicted octanol–water partition coefficient (Wildman–Crippen LogP) is 16.8. The molecule has 0 unspecified atom stereocenters. The highest BCUT2D eigenvalue weighted by atomic mass is 16.3. The van der Waals surface area contributed by atoms with E-state index in [1.165, 1.54) is 76.8 Å². The molecule has 0 aliphatic heterocycles. The number of aromatic nitrogens is 1. The molecular weight excluding hydrogens is 801 g/mol. The molecule has 1 spiro atoms. The lowest BCUT2D eigenvalue weighted by Gasteiger charge is -2.40. The monoisotopic (exact) mass is 838 g/mol. The summed E-state index contributed by atoms with van der Waals surface area (Å²) in [7, 11) is 0. The maximum atomic E-state index is 6.32. The smallest absolute Gasteiger partial charge is 0.135 e. The Morgan fingerprint density at radius 2 is 0.924 bits per heavy atom. The third-order valence-corrected chi connectivity index (χ3v) is 14.8. The van der Waals surface area contributed by atoms with Gasteiger partial charge in [-0.2, -0.15) is 0 Å². The van der Waals surface area contributed by atoms with E-state index in [0.717, 1.165) is 55.7 Å². The number of furan rings is 1. The van der Waals surface area contributed by atoms with Crippen molar-refractivity contribution in [1.29, 1.82) is 0 Å². The van der Waals surface area contributed by atoms with Gasteiger partial charge < -0.3 is 13.9 Å². The van der Waals surface area contributed by atoms with Crippen molar-refractivity contribution in [3.05, 3.63) is 253 Å². The number of benzene rings is 11. The fourth-order valence-electron chi connectivity index (χ4n) is 12.2. The fourth-order valence-corrected chi connectivity index (χ4v) is 12.2. The molecule has 15 rings (SSSR count). The van der Waals surface area contributed by atoms with Crippen LogP contribution in [0.1, 0.15) is 22.3 Å². The zero-order chi connectivity index (χ0) is 43.1. The molecule has 2 aliphatic rings. The molecule has 13 aromatic rings. The van der Waals surface area contributed by atoms with Crippen LogP contribution in [0, 0.1) is 0 Å². The van der Waals surface area contributed by atoms with Gasteiger partial charge in [-0.05, 0) is 110 Å². The van der Waals surface area contributed by atoms with Gasteiger partial charge in [-0.3, -0.25) is 0 Å². The topological polar surface area (TPSA) is 21.3 Å². The molecule has 3 heteroatoms. The second kappa shape index (κ2) is 13.2. The number of hydrogen-bond acceptors (Lipinski definition) is 2. The second-order valence-electron chi connectivity index (χ2n) is 17.9. The van der Waals surface area contributed by atoms with Crippen LogP contribution in [0.4, 0.5) is 17.1 Å². The van der Waals surface area contributed by atoms with Crippen molar-refractivity contribution < 1.29 is 4.42 Å². The maximum Gasteiger partial charge on any atom is 0.135 e. The molecule has 0 bridgehead atoms. The average molecular weight is 839 g/mol. The summed E-state index contributed by atoms with van der Waals surface area (Å²) in [5.74, 6) is 0. The summed E-state index contributed by atoms with van der Waals surface area (Å²) in [5.41, 5.74) is 18.5. The Kier molecular flexibility index (Phi) is 7.15. The second-order valence-corrected chi connectivity index (χ2v) is 17.9. The summed E-state index contributed by atoms with van der Waals surface area (Å²) < 4.78 is 8.75. The van der Waals surface area contributed by atoms with Crippen molar-refractivity contribution >= 4 is 82.4 Å². The number of rotatable bonds is 4. The first-order valence-corrected chi connectivity index (χ1v) is 22.8. The Morgan fingerprint density at radius 3 is 1.73 bits per heavy atom. The first kappa shape index (κ1) is 35.8. The number of anilines is 3. The Hall–Kier alpha value is -8.66. The molecule has 306 valence electrons. The van der Waals surface area contributed by atoms with Gasteiger partial charge in [0.15, 0.2) is 0 Å². The lowest BCUT2D eigenvalue weighted by atomic mass is 9.61. The molecule has 2 heterocycles. The molecule has 0 N–H and O–H groups in total. The van der Waals surface area contributed by atoms with Crippen molar-refractivity contribution in [2.75, 3.05) is 4.90 Å². The number of para-hydroxylation sites is 2. The Balaban J connectivity index is 1.04. The quantitative estimate of drug-likeness (QED) is 0.176. The molecule has 2 aromatic heterocycles.